The minimum atomic E-state index is -1.28. The molecule has 160 valence electrons. The van der Waals surface area contributed by atoms with Crippen molar-refractivity contribution in [3.05, 3.63) is 35.9 Å². The van der Waals surface area contributed by atoms with E-state index in [1.807, 2.05) is 30.3 Å². The van der Waals surface area contributed by atoms with Gasteiger partial charge in [0.25, 0.3) is 0 Å². The molecule has 0 heterocycles. The van der Waals surface area contributed by atoms with Gasteiger partial charge in [-0.1, -0.05) is 37.3 Å². The second-order valence-electron chi connectivity index (χ2n) is 6.76. The third-order valence-corrected chi connectivity index (χ3v) is 4.94. The van der Waals surface area contributed by atoms with E-state index in [4.69, 9.17) is 4.74 Å². The largest absolute Gasteiger partial charge is 0.467 e. The predicted octanol–water partition coefficient (Wildman–Crippen LogP) is 0.606. The standard InChI is InChI=1S/C20H29N3O5S/c1-4-20(2,23-17(25)15(10-11-29)21-13-24)19(27)22-16(18(26)28-3)12-14-8-6-5-7-9-14/h5-9,13,15-16,29H,4,10-12H2,1-3H3,(H,21,24)(H,22,27)(H,23,25)/t15-,16-,20-/m0/s1. The number of carbonyl (C=O) groups excluding carboxylic acids is 4. The van der Waals surface area contributed by atoms with E-state index in [1.54, 1.807) is 13.8 Å². The monoisotopic (exact) mass is 423 g/mol. The quantitative estimate of drug-likeness (QED) is 0.223. The predicted molar refractivity (Wildman–Crippen MR) is 112 cm³/mol. The molecule has 0 aliphatic carbocycles. The van der Waals surface area contributed by atoms with Crippen molar-refractivity contribution in [1.29, 1.82) is 0 Å². The van der Waals surface area contributed by atoms with E-state index in [0.717, 1.165) is 5.56 Å². The van der Waals surface area contributed by atoms with Gasteiger partial charge in [-0.2, -0.15) is 12.6 Å². The summed E-state index contributed by atoms with van der Waals surface area (Å²) in [5, 5.41) is 7.79. The molecule has 9 heteroatoms. The molecule has 0 fully saturated rings. The van der Waals surface area contributed by atoms with Gasteiger partial charge in [0.05, 0.1) is 7.11 Å². The highest BCUT2D eigenvalue weighted by atomic mass is 32.1. The molecule has 1 rings (SSSR count). The third kappa shape index (κ3) is 7.41. The molecular weight excluding hydrogens is 394 g/mol. The molecular formula is C20H29N3O5S. The Morgan fingerprint density at radius 2 is 1.86 bits per heavy atom. The number of nitrogens with one attached hydrogen (secondary N) is 3. The van der Waals surface area contributed by atoms with Crippen molar-refractivity contribution in [2.24, 2.45) is 0 Å². The normalized spacial score (nSPS) is 14.6. The Kier molecular flexibility index (Phi) is 10.2. The van der Waals surface area contributed by atoms with Gasteiger partial charge in [-0.15, -0.1) is 0 Å². The summed E-state index contributed by atoms with van der Waals surface area (Å²) in [6.07, 6.45) is 1.28. The Bertz CT molecular complexity index is 701. The molecule has 0 spiro atoms. The lowest BCUT2D eigenvalue weighted by Crippen LogP contribution is -2.62. The van der Waals surface area contributed by atoms with Crippen molar-refractivity contribution < 1.29 is 23.9 Å². The summed E-state index contributed by atoms with van der Waals surface area (Å²) in [7, 11) is 1.25. The highest BCUT2D eigenvalue weighted by molar-refractivity contribution is 7.80. The molecule has 0 saturated heterocycles. The molecule has 0 unspecified atom stereocenters. The smallest absolute Gasteiger partial charge is 0.328 e. The average Bonchev–Trinajstić information content (AvgIpc) is 2.72. The molecule has 3 amide bonds. The van der Waals surface area contributed by atoms with Crippen LogP contribution < -0.4 is 16.0 Å². The zero-order chi connectivity index (χ0) is 21.9. The molecule has 0 saturated carbocycles. The minimum Gasteiger partial charge on any atom is -0.467 e. The maximum Gasteiger partial charge on any atom is 0.328 e. The number of methoxy groups -OCH3 is 1. The second kappa shape index (κ2) is 12.1. The van der Waals surface area contributed by atoms with E-state index in [-0.39, 0.29) is 12.8 Å². The number of carbonyl (C=O) groups is 4. The second-order valence-corrected chi connectivity index (χ2v) is 7.21. The van der Waals surface area contributed by atoms with Crippen molar-refractivity contribution in [3.8, 4) is 0 Å². The van der Waals surface area contributed by atoms with E-state index in [9.17, 15) is 19.2 Å². The lowest BCUT2D eigenvalue weighted by molar-refractivity contribution is -0.146. The van der Waals surface area contributed by atoms with Crippen molar-refractivity contribution in [2.75, 3.05) is 12.9 Å². The molecule has 3 atom stereocenters. The van der Waals surface area contributed by atoms with Crippen LogP contribution in [0.1, 0.15) is 32.3 Å². The molecule has 0 aliphatic heterocycles. The summed E-state index contributed by atoms with van der Waals surface area (Å²) in [4.78, 5) is 48.4. The highest BCUT2D eigenvalue weighted by Crippen LogP contribution is 2.13. The summed E-state index contributed by atoms with van der Waals surface area (Å²) >= 11 is 4.08. The number of benzene rings is 1. The zero-order valence-corrected chi connectivity index (χ0v) is 17.8. The van der Waals surface area contributed by atoms with E-state index < -0.39 is 35.4 Å². The Hall–Kier alpha value is -2.55. The maximum atomic E-state index is 13.0. The Labute approximate surface area is 176 Å². The lowest BCUT2D eigenvalue weighted by Gasteiger charge is -2.31. The van der Waals surface area contributed by atoms with Gasteiger partial charge >= 0.3 is 5.97 Å². The van der Waals surface area contributed by atoms with Crippen LogP contribution in [-0.2, 0) is 30.3 Å². The van der Waals surface area contributed by atoms with E-state index in [1.165, 1.54) is 7.11 Å². The zero-order valence-electron chi connectivity index (χ0n) is 16.9. The van der Waals surface area contributed by atoms with E-state index >= 15 is 0 Å². The van der Waals surface area contributed by atoms with Crippen molar-refractivity contribution in [1.82, 2.24) is 16.0 Å². The van der Waals surface area contributed by atoms with E-state index in [0.29, 0.717) is 18.6 Å². The van der Waals surface area contributed by atoms with Crippen molar-refractivity contribution in [2.45, 2.75) is 50.7 Å². The van der Waals surface area contributed by atoms with Gasteiger partial charge in [-0.25, -0.2) is 4.79 Å². The maximum absolute atomic E-state index is 13.0. The number of amides is 3. The molecule has 1 aromatic rings. The van der Waals surface area contributed by atoms with Gasteiger partial charge in [0, 0.05) is 6.42 Å². The van der Waals surface area contributed by atoms with Crippen molar-refractivity contribution in [3.63, 3.8) is 0 Å². The molecule has 0 aliphatic rings. The first-order chi connectivity index (χ1) is 13.8. The van der Waals surface area contributed by atoms with Crippen LogP contribution in [0.4, 0.5) is 0 Å². The number of hydrogen-bond donors (Lipinski definition) is 4. The molecule has 3 N–H and O–H groups in total. The first-order valence-electron chi connectivity index (χ1n) is 9.36. The topological polar surface area (TPSA) is 114 Å². The molecule has 8 nitrogen and oxygen atoms in total. The fourth-order valence-corrected chi connectivity index (χ4v) is 2.93. The lowest BCUT2D eigenvalue weighted by atomic mass is 9.95. The van der Waals surface area contributed by atoms with E-state index in [2.05, 4.69) is 28.6 Å². The van der Waals surface area contributed by atoms with Crippen LogP contribution in [0.2, 0.25) is 0 Å². The van der Waals surface area contributed by atoms with Crippen LogP contribution in [0.15, 0.2) is 30.3 Å². The molecule has 29 heavy (non-hydrogen) atoms. The van der Waals surface area contributed by atoms with Crippen LogP contribution in [0, 0.1) is 0 Å². The van der Waals surface area contributed by atoms with Crippen LogP contribution >= 0.6 is 12.6 Å². The van der Waals surface area contributed by atoms with Gasteiger partial charge < -0.3 is 20.7 Å². The Morgan fingerprint density at radius 3 is 2.38 bits per heavy atom. The van der Waals surface area contributed by atoms with Crippen LogP contribution in [-0.4, -0.2) is 54.7 Å². The summed E-state index contributed by atoms with van der Waals surface area (Å²) < 4.78 is 4.82. The third-order valence-electron chi connectivity index (χ3n) is 4.68. The van der Waals surface area contributed by atoms with Gasteiger partial charge in [0.15, 0.2) is 0 Å². The van der Waals surface area contributed by atoms with Gasteiger partial charge in [0.2, 0.25) is 18.2 Å². The van der Waals surface area contributed by atoms with Crippen LogP contribution in [0.25, 0.3) is 0 Å². The average molecular weight is 424 g/mol. The van der Waals surface area contributed by atoms with Gasteiger partial charge in [-0.05, 0) is 31.1 Å². The molecule has 0 aromatic heterocycles. The summed E-state index contributed by atoms with van der Waals surface area (Å²) in [5.74, 6) is -1.21. The number of thiol groups is 1. The number of rotatable bonds is 12. The molecule has 1 aromatic carbocycles. The summed E-state index contributed by atoms with van der Waals surface area (Å²) in [5.41, 5.74) is -0.422. The number of esters is 1. The van der Waals surface area contributed by atoms with Crippen LogP contribution in [0.3, 0.4) is 0 Å². The summed E-state index contributed by atoms with van der Waals surface area (Å²) in [6, 6.07) is 7.51. The minimum absolute atomic E-state index is 0.252. The highest BCUT2D eigenvalue weighted by Gasteiger charge is 2.37. The van der Waals surface area contributed by atoms with Gasteiger partial charge in [0.1, 0.15) is 17.6 Å². The summed E-state index contributed by atoms with van der Waals surface area (Å²) in [6.45, 7) is 3.31. The van der Waals surface area contributed by atoms with Crippen LogP contribution in [0.5, 0.6) is 0 Å². The first-order valence-corrected chi connectivity index (χ1v) is 9.99. The SMILES string of the molecule is CC[C@](C)(NC(=O)[C@H](CCS)NC=O)C(=O)N[C@@H](Cc1ccccc1)C(=O)OC. The Morgan fingerprint density at radius 1 is 1.21 bits per heavy atom. The molecule has 0 radical (unpaired) electrons. The van der Waals surface area contributed by atoms with Gasteiger partial charge in [-0.3, -0.25) is 14.4 Å². The number of hydrogen-bond acceptors (Lipinski definition) is 6. The molecule has 0 bridgehead atoms. The van der Waals surface area contributed by atoms with Crippen molar-refractivity contribution >= 4 is 36.8 Å². The fourth-order valence-electron chi connectivity index (χ4n) is 2.67. The number of ether oxygens (including phenoxy) is 1. The fraction of sp³-hybridized carbons (Fsp3) is 0.500. The first kappa shape index (κ1) is 24.5. The Balaban J connectivity index is 2.94.